The third-order valence-corrected chi connectivity index (χ3v) is 7.64. The molecule has 4 rings (SSSR count). The number of hydrogen-bond acceptors (Lipinski definition) is 8. The molecular formula is C30H28N4O5S2. The number of benzene rings is 3. The molecule has 4 N–H and O–H groups in total. The molecule has 9 nitrogen and oxygen atoms in total. The summed E-state index contributed by atoms with van der Waals surface area (Å²) in [7, 11) is 1.44. The predicted octanol–water partition coefficient (Wildman–Crippen LogP) is 5.69. The number of methoxy groups -OCH3 is 1. The van der Waals surface area contributed by atoms with Gasteiger partial charge in [0.25, 0.3) is 11.8 Å². The highest BCUT2D eigenvalue weighted by Crippen LogP contribution is 2.28. The van der Waals surface area contributed by atoms with Gasteiger partial charge in [-0.3, -0.25) is 14.4 Å². The van der Waals surface area contributed by atoms with Gasteiger partial charge in [0.2, 0.25) is 5.91 Å². The molecule has 210 valence electrons. The van der Waals surface area contributed by atoms with Crippen LogP contribution >= 0.6 is 23.1 Å². The Morgan fingerprint density at radius 3 is 2.51 bits per heavy atom. The molecule has 3 aromatic carbocycles. The number of carbonyl (C=O) groups excluding carboxylic acids is 3. The second-order valence-corrected chi connectivity index (χ2v) is 11.1. The van der Waals surface area contributed by atoms with Crippen molar-refractivity contribution in [2.75, 3.05) is 17.7 Å². The summed E-state index contributed by atoms with van der Waals surface area (Å²) in [4.78, 5) is 44.0. The maximum atomic E-state index is 13.4. The highest BCUT2D eigenvalue weighted by Gasteiger charge is 2.18. The van der Waals surface area contributed by atoms with Gasteiger partial charge < -0.3 is 25.8 Å². The fourth-order valence-electron chi connectivity index (χ4n) is 3.64. The zero-order chi connectivity index (χ0) is 29.4. The van der Waals surface area contributed by atoms with Crippen LogP contribution in [0.2, 0.25) is 0 Å². The summed E-state index contributed by atoms with van der Waals surface area (Å²) in [5.74, 6) is -0.906. The summed E-state index contributed by atoms with van der Waals surface area (Å²) >= 11 is 2.70. The summed E-state index contributed by atoms with van der Waals surface area (Å²) in [6.07, 6.45) is 1.47. The minimum atomic E-state index is -0.573. The van der Waals surface area contributed by atoms with Crippen LogP contribution in [0.3, 0.4) is 0 Å². The zero-order valence-electron chi connectivity index (χ0n) is 22.5. The Morgan fingerprint density at radius 2 is 1.80 bits per heavy atom. The number of nitrogens with one attached hydrogen (secondary N) is 3. The molecule has 0 aliphatic heterocycles. The molecule has 3 amide bonds. The fourth-order valence-corrected chi connectivity index (χ4v) is 5.26. The van der Waals surface area contributed by atoms with Gasteiger partial charge in [-0.2, -0.15) is 0 Å². The standard InChI is InChI=1S/C30H28N4O5S2/c1-18-17-40-30(31-18)34-27(36)19(2)41-24-11-7-10-22(15-24)32-29(38)25(33-28(37)20-8-5-4-6-9-20)14-21-12-13-23(35)16-26(21)39-3/h4-17,19,35H,1-3H3,(H,32,38)(H,33,37)(H,31,34,36)/b25-14+. The lowest BCUT2D eigenvalue weighted by molar-refractivity contribution is -0.115. The Labute approximate surface area is 245 Å². The second kappa shape index (κ2) is 13.6. The average molecular weight is 589 g/mol. The quantitative estimate of drug-likeness (QED) is 0.138. The lowest BCUT2D eigenvalue weighted by Gasteiger charge is -2.14. The first kappa shape index (κ1) is 29.4. The van der Waals surface area contributed by atoms with Crippen LogP contribution in [-0.2, 0) is 9.59 Å². The number of aromatic nitrogens is 1. The third-order valence-electron chi connectivity index (χ3n) is 5.67. The number of phenols is 1. The fraction of sp³-hybridized carbons (Fsp3) is 0.133. The molecule has 11 heteroatoms. The van der Waals surface area contributed by atoms with E-state index in [1.54, 1.807) is 61.5 Å². The van der Waals surface area contributed by atoms with Crippen LogP contribution in [0.4, 0.5) is 10.8 Å². The van der Waals surface area contributed by atoms with Crippen LogP contribution in [0.5, 0.6) is 11.5 Å². The molecule has 0 saturated heterocycles. The van der Waals surface area contributed by atoms with Crippen LogP contribution in [0.25, 0.3) is 6.08 Å². The van der Waals surface area contributed by atoms with Gasteiger partial charge in [0, 0.05) is 33.2 Å². The van der Waals surface area contributed by atoms with Crippen molar-refractivity contribution in [3.05, 3.63) is 101 Å². The molecule has 0 aliphatic rings. The van der Waals surface area contributed by atoms with Crippen LogP contribution in [0.15, 0.2) is 88.8 Å². The topological polar surface area (TPSA) is 130 Å². The summed E-state index contributed by atoms with van der Waals surface area (Å²) in [6.45, 7) is 3.65. The SMILES string of the molecule is COc1cc(O)ccc1/C=C(/NC(=O)c1ccccc1)C(=O)Nc1cccc(SC(C)C(=O)Nc2nc(C)cs2)c1. The predicted molar refractivity (Wildman–Crippen MR) is 162 cm³/mol. The molecule has 1 unspecified atom stereocenters. The summed E-state index contributed by atoms with van der Waals surface area (Å²) in [5.41, 5.74) is 2.13. The van der Waals surface area contributed by atoms with Gasteiger partial charge in [0.1, 0.15) is 17.2 Å². The normalized spacial score (nSPS) is 11.8. The molecule has 4 aromatic rings. The van der Waals surface area contributed by atoms with Crippen molar-refractivity contribution in [2.24, 2.45) is 0 Å². The number of thiazole rings is 1. The molecule has 1 heterocycles. The van der Waals surface area contributed by atoms with Crippen molar-refractivity contribution in [3.8, 4) is 11.5 Å². The van der Waals surface area contributed by atoms with E-state index in [1.807, 2.05) is 18.4 Å². The number of amides is 3. The summed E-state index contributed by atoms with van der Waals surface area (Å²) < 4.78 is 5.34. The molecular weight excluding hydrogens is 560 g/mol. The van der Waals surface area contributed by atoms with Crippen molar-refractivity contribution in [3.63, 3.8) is 0 Å². The van der Waals surface area contributed by atoms with Gasteiger partial charge in [-0.25, -0.2) is 4.98 Å². The maximum absolute atomic E-state index is 13.4. The van der Waals surface area contributed by atoms with Gasteiger partial charge in [-0.15, -0.1) is 23.1 Å². The van der Waals surface area contributed by atoms with E-state index in [0.29, 0.717) is 27.7 Å². The number of ether oxygens (including phenoxy) is 1. The molecule has 41 heavy (non-hydrogen) atoms. The first-order valence-corrected chi connectivity index (χ1v) is 14.2. The van der Waals surface area contributed by atoms with Crippen LogP contribution in [-0.4, -0.2) is 40.2 Å². The van der Waals surface area contributed by atoms with Crippen molar-refractivity contribution in [1.82, 2.24) is 10.3 Å². The van der Waals surface area contributed by atoms with Crippen molar-refractivity contribution in [1.29, 1.82) is 0 Å². The van der Waals surface area contributed by atoms with Gasteiger partial charge in [-0.1, -0.05) is 24.3 Å². The molecule has 0 spiro atoms. The number of phenolic OH excluding ortho intramolecular Hbond substituents is 1. The Kier molecular flexibility index (Phi) is 9.77. The Morgan fingerprint density at radius 1 is 1.02 bits per heavy atom. The largest absolute Gasteiger partial charge is 0.508 e. The first-order valence-electron chi connectivity index (χ1n) is 12.5. The number of hydrogen-bond donors (Lipinski definition) is 4. The molecule has 0 bridgehead atoms. The summed E-state index contributed by atoms with van der Waals surface area (Å²) in [5, 5.41) is 20.1. The van der Waals surface area contributed by atoms with E-state index in [-0.39, 0.29) is 17.4 Å². The molecule has 0 saturated carbocycles. The van der Waals surface area contributed by atoms with Gasteiger partial charge in [0.05, 0.1) is 18.1 Å². The van der Waals surface area contributed by atoms with E-state index in [0.717, 1.165) is 10.6 Å². The number of nitrogens with zero attached hydrogens (tertiary/aromatic N) is 1. The Bertz CT molecular complexity index is 1590. The van der Waals surface area contributed by atoms with E-state index in [9.17, 15) is 19.5 Å². The monoisotopic (exact) mass is 588 g/mol. The molecule has 1 atom stereocenters. The second-order valence-electron chi connectivity index (χ2n) is 8.83. The van der Waals surface area contributed by atoms with Crippen molar-refractivity contribution < 1.29 is 24.2 Å². The number of aromatic hydroxyl groups is 1. The van der Waals surface area contributed by atoms with E-state index >= 15 is 0 Å². The van der Waals surface area contributed by atoms with Crippen LogP contribution < -0.4 is 20.7 Å². The van der Waals surface area contributed by atoms with E-state index in [1.165, 1.54) is 48.4 Å². The minimum Gasteiger partial charge on any atom is -0.508 e. The van der Waals surface area contributed by atoms with E-state index < -0.39 is 17.1 Å². The maximum Gasteiger partial charge on any atom is 0.272 e. The van der Waals surface area contributed by atoms with Crippen LogP contribution in [0.1, 0.15) is 28.5 Å². The van der Waals surface area contributed by atoms with Gasteiger partial charge >= 0.3 is 0 Å². The van der Waals surface area contributed by atoms with Crippen molar-refractivity contribution in [2.45, 2.75) is 24.0 Å². The highest BCUT2D eigenvalue weighted by atomic mass is 32.2. The highest BCUT2D eigenvalue weighted by molar-refractivity contribution is 8.00. The average Bonchev–Trinajstić information content (AvgIpc) is 3.38. The van der Waals surface area contributed by atoms with Crippen molar-refractivity contribution >= 4 is 57.7 Å². The number of rotatable bonds is 10. The number of aryl methyl sites for hydroxylation is 1. The lowest BCUT2D eigenvalue weighted by atomic mass is 10.1. The van der Waals surface area contributed by atoms with E-state index in [2.05, 4.69) is 20.9 Å². The lowest BCUT2D eigenvalue weighted by Crippen LogP contribution is -2.30. The zero-order valence-corrected chi connectivity index (χ0v) is 24.1. The number of carbonyl (C=O) groups is 3. The summed E-state index contributed by atoms with van der Waals surface area (Å²) in [6, 6.07) is 20.0. The van der Waals surface area contributed by atoms with E-state index in [4.69, 9.17) is 4.74 Å². The smallest absolute Gasteiger partial charge is 0.272 e. The first-order chi connectivity index (χ1) is 19.7. The molecule has 0 aliphatic carbocycles. The van der Waals surface area contributed by atoms with Gasteiger partial charge in [0.15, 0.2) is 5.13 Å². The van der Waals surface area contributed by atoms with Crippen LogP contribution in [0, 0.1) is 6.92 Å². The Hall–Kier alpha value is -4.61. The minimum absolute atomic E-state index is 0.00249. The molecule has 0 radical (unpaired) electrons. The Balaban J connectivity index is 1.52. The molecule has 1 aromatic heterocycles. The van der Waals surface area contributed by atoms with Gasteiger partial charge in [-0.05, 0) is 62.4 Å². The third kappa shape index (κ3) is 8.19. The number of thioether (sulfide) groups is 1. The molecule has 0 fully saturated rings. The number of anilines is 2.